The van der Waals surface area contributed by atoms with E-state index in [9.17, 15) is 0 Å². The van der Waals surface area contributed by atoms with Crippen LogP contribution in [0.15, 0.2) is 0 Å². The highest BCUT2D eigenvalue weighted by Gasteiger charge is 1.94. The van der Waals surface area contributed by atoms with Crippen molar-refractivity contribution >= 4 is 0 Å². The maximum absolute atomic E-state index is 8.09. The number of ether oxygens (including phenoxy) is 2. The highest BCUT2D eigenvalue weighted by Crippen LogP contribution is 2.10. The minimum absolute atomic E-state index is 0.0278. The van der Waals surface area contributed by atoms with E-state index in [0.717, 1.165) is 13.2 Å². The first-order chi connectivity index (χ1) is 13.8. The van der Waals surface area contributed by atoms with Crippen molar-refractivity contribution in [3.8, 4) is 0 Å². The van der Waals surface area contributed by atoms with Gasteiger partial charge in [-0.2, -0.15) is 0 Å². The van der Waals surface area contributed by atoms with E-state index in [0.29, 0.717) is 13.2 Å². The van der Waals surface area contributed by atoms with Crippen molar-refractivity contribution in [2.24, 2.45) is 0 Å². The second kappa shape index (κ2) is 31.5. The lowest BCUT2D eigenvalue weighted by Gasteiger charge is -2.05. The molecule has 0 saturated carbocycles. The minimum atomic E-state index is 0.0278. The van der Waals surface area contributed by atoms with E-state index in [1.807, 2.05) is 0 Å². The van der Waals surface area contributed by atoms with Crippen molar-refractivity contribution < 1.29 is 19.7 Å². The average Bonchev–Trinajstić information content (AvgIpc) is 2.71. The maximum Gasteiger partial charge on any atom is 0.0698 e. The van der Waals surface area contributed by atoms with Gasteiger partial charge in [-0.3, -0.25) is 0 Å². The van der Waals surface area contributed by atoms with Gasteiger partial charge in [-0.25, -0.2) is 0 Å². The van der Waals surface area contributed by atoms with Gasteiger partial charge in [-0.15, -0.1) is 0 Å². The summed E-state index contributed by atoms with van der Waals surface area (Å²) >= 11 is 0. The highest BCUT2D eigenvalue weighted by molar-refractivity contribution is 4.47. The third-order valence-electron chi connectivity index (χ3n) is 4.76. The molecule has 0 aromatic rings. The van der Waals surface area contributed by atoms with Crippen LogP contribution in [0.2, 0.25) is 0 Å². The smallest absolute Gasteiger partial charge is 0.0698 e. The van der Waals surface area contributed by atoms with E-state index < -0.39 is 0 Å². The lowest BCUT2D eigenvalue weighted by Crippen LogP contribution is -2.03. The largest absolute Gasteiger partial charge is 0.394 e. The molecule has 0 rings (SSSR count). The van der Waals surface area contributed by atoms with Crippen LogP contribution in [0.3, 0.4) is 0 Å². The molecule has 0 aliphatic rings. The zero-order valence-electron chi connectivity index (χ0n) is 19.3. The van der Waals surface area contributed by atoms with Crippen LogP contribution in [0.4, 0.5) is 0 Å². The van der Waals surface area contributed by atoms with E-state index in [2.05, 4.69) is 18.6 Å². The first kappa shape index (κ1) is 30.0. The van der Waals surface area contributed by atoms with E-state index in [4.69, 9.17) is 14.9 Å². The Morgan fingerprint density at radius 1 is 0.393 bits per heavy atom. The van der Waals surface area contributed by atoms with Gasteiger partial charge in [0.2, 0.25) is 0 Å². The molecule has 28 heavy (non-hydrogen) atoms. The summed E-state index contributed by atoms with van der Waals surface area (Å²) in [5.74, 6) is 0. The molecule has 2 N–H and O–H groups in total. The molecule has 172 valence electrons. The Morgan fingerprint density at radius 2 is 0.679 bits per heavy atom. The number of hydrogen-bond donors (Lipinski definition) is 2. The average molecular weight is 405 g/mol. The van der Waals surface area contributed by atoms with Gasteiger partial charge in [0.1, 0.15) is 0 Å². The predicted octanol–water partition coefficient (Wildman–Crippen LogP) is 6.27. The Bertz CT molecular complexity index is 215. The van der Waals surface area contributed by atoms with Gasteiger partial charge in [-0.1, -0.05) is 104 Å². The van der Waals surface area contributed by atoms with E-state index in [-0.39, 0.29) is 13.2 Å². The molecule has 0 heterocycles. The molecular weight excluding hydrogens is 352 g/mol. The topological polar surface area (TPSA) is 58.9 Å². The summed E-state index contributed by atoms with van der Waals surface area (Å²) in [5.41, 5.74) is 0. The Labute approximate surface area is 176 Å². The lowest BCUT2D eigenvalue weighted by molar-refractivity contribution is 0.0650. The number of unbranched alkanes of at least 4 members (excludes halogenated alkanes) is 14. The van der Waals surface area contributed by atoms with Crippen LogP contribution in [0.1, 0.15) is 117 Å². The molecule has 0 fully saturated rings. The molecule has 0 aliphatic heterocycles. The van der Waals surface area contributed by atoms with Crippen molar-refractivity contribution in [1.82, 2.24) is 0 Å². The second-order valence-electron chi connectivity index (χ2n) is 7.62. The van der Waals surface area contributed by atoms with Crippen molar-refractivity contribution in [2.75, 3.05) is 39.6 Å². The molecular formula is C24H52O4. The highest BCUT2D eigenvalue weighted by atomic mass is 16.5. The number of hydrogen-bond acceptors (Lipinski definition) is 4. The van der Waals surface area contributed by atoms with E-state index in [1.165, 1.54) is 103 Å². The predicted molar refractivity (Wildman–Crippen MR) is 121 cm³/mol. The number of aliphatic hydroxyl groups excluding tert-OH is 2. The Hall–Kier alpha value is -0.160. The molecule has 0 amide bonds. The molecule has 0 aromatic carbocycles. The van der Waals surface area contributed by atoms with Crippen LogP contribution in [0.5, 0.6) is 0 Å². The van der Waals surface area contributed by atoms with Gasteiger partial charge in [0.15, 0.2) is 0 Å². The Kier molecular flexibility index (Phi) is 33.8. The van der Waals surface area contributed by atoms with Crippen LogP contribution in [-0.4, -0.2) is 49.9 Å². The van der Waals surface area contributed by atoms with Gasteiger partial charge in [0, 0.05) is 13.2 Å². The summed E-state index contributed by atoms with van der Waals surface area (Å²) in [6, 6.07) is 0. The number of rotatable bonds is 22. The van der Waals surface area contributed by atoms with Crippen LogP contribution in [0, 0.1) is 0 Å². The fourth-order valence-electron chi connectivity index (χ4n) is 3.01. The van der Waals surface area contributed by atoms with Crippen molar-refractivity contribution in [1.29, 1.82) is 0 Å². The van der Waals surface area contributed by atoms with Crippen LogP contribution in [0.25, 0.3) is 0 Å². The molecule has 0 aromatic heterocycles. The standard InChI is InChI=1S/C20H42O.C4H10O3/c1-3-5-7-9-11-13-15-17-19-21-20-18-16-14-12-10-8-6-4-2;5-1-3-7-4-2-6/h3-20H2,1-2H3;5-6H,1-4H2. The molecule has 4 heteroatoms. The van der Waals surface area contributed by atoms with Gasteiger partial charge in [0.25, 0.3) is 0 Å². The van der Waals surface area contributed by atoms with Gasteiger partial charge >= 0.3 is 0 Å². The molecule has 0 spiro atoms. The molecule has 0 radical (unpaired) electrons. The molecule has 0 unspecified atom stereocenters. The molecule has 0 aliphatic carbocycles. The normalized spacial score (nSPS) is 10.7. The zero-order chi connectivity index (χ0) is 21.0. The summed E-state index contributed by atoms with van der Waals surface area (Å²) in [4.78, 5) is 0. The molecule has 0 bridgehead atoms. The summed E-state index contributed by atoms with van der Waals surface area (Å²) in [5, 5.41) is 16.2. The summed E-state index contributed by atoms with van der Waals surface area (Å²) < 4.78 is 10.4. The molecule has 0 saturated heterocycles. The van der Waals surface area contributed by atoms with Crippen molar-refractivity contribution in [3.05, 3.63) is 0 Å². The fraction of sp³-hybridized carbons (Fsp3) is 1.00. The number of aliphatic hydroxyl groups is 2. The SMILES string of the molecule is CCCCCCCCCCOCCCCCCCCCC.OCCOCCO. The van der Waals surface area contributed by atoms with Gasteiger partial charge in [0.05, 0.1) is 26.4 Å². The Balaban J connectivity index is 0. The quantitative estimate of drug-likeness (QED) is 0.209. The molecule has 0 atom stereocenters. The van der Waals surface area contributed by atoms with Crippen molar-refractivity contribution in [2.45, 2.75) is 117 Å². The van der Waals surface area contributed by atoms with Crippen LogP contribution < -0.4 is 0 Å². The summed E-state index contributed by atoms with van der Waals surface area (Å²) in [7, 11) is 0. The maximum atomic E-state index is 8.09. The van der Waals surface area contributed by atoms with E-state index >= 15 is 0 Å². The third kappa shape index (κ3) is 33.4. The molecule has 4 nitrogen and oxygen atoms in total. The van der Waals surface area contributed by atoms with Crippen molar-refractivity contribution in [3.63, 3.8) is 0 Å². The van der Waals surface area contributed by atoms with Crippen LogP contribution in [-0.2, 0) is 9.47 Å². The Morgan fingerprint density at radius 3 is 1.00 bits per heavy atom. The minimum Gasteiger partial charge on any atom is -0.394 e. The summed E-state index contributed by atoms with van der Waals surface area (Å²) in [6.45, 7) is 7.24. The summed E-state index contributed by atoms with van der Waals surface area (Å²) in [6.07, 6.45) is 22.2. The monoisotopic (exact) mass is 404 g/mol. The van der Waals surface area contributed by atoms with E-state index in [1.54, 1.807) is 0 Å². The fourth-order valence-corrected chi connectivity index (χ4v) is 3.01. The van der Waals surface area contributed by atoms with Gasteiger partial charge in [-0.05, 0) is 12.8 Å². The van der Waals surface area contributed by atoms with Gasteiger partial charge < -0.3 is 19.7 Å². The second-order valence-corrected chi connectivity index (χ2v) is 7.62. The lowest BCUT2D eigenvalue weighted by atomic mass is 10.1. The third-order valence-corrected chi connectivity index (χ3v) is 4.76. The first-order valence-electron chi connectivity index (χ1n) is 12.2. The van der Waals surface area contributed by atoms with Crippen LogP contribution >= 0.6 is 0 Å². The zero-order valence-corrected chi connectivity index (χ0v) is 19.3. The first-order valence-corrected chi connectivity index (χ1v) is 12.2.